The Morgan fingerprint density at radius 2 is 1.90 bits per heavy atom. The van der Waals surface area contributed by atoms with Crippen LogP contribution in [0.25, 0.3) is 10.9 Å². The normalized spacial score (nSPS) is 12.7. The standard InChI is InChI=1S/C18H20N2/c1-14(16-5-3-2-4-6-16)12-19-13-15-7-8-17-9-10-20-18(17)11-15/h2-11,14,19-20H,12-13H2,1H3. The number of fused-ring (bicyclic) bond motifs is 1. The predicted octanol–water partition coefficient (Wildman–Crippen LogP) is 4.06. The molecule has 0 saturated heterocycles. The zero-order chi connectivity index (χ0) is 13.8. The molecule has 0 spiro atoms. The molecule has 1 atom stereocenters. The summed E-state index contributed by atoms with van der Waals surface area (Å²) in [6, 6.07) is 19.3. The summed E-state index contributed by atoms with van der Waals surface area (Å²) in [6.07, 6.45) is 1.99. The monoisotopic (exact) mass is 264 g/mol. The van der Waals surface area contributed by atoms with E-state index in [4.69, 9.17) is 0 Å². The van der Waals surface area contributed by atoms with Gasteiger partial charge in [-0.05, 0) is 34.6 Å². The predicted molar refractivity (Wildman–Crippen MR) is 84.9 cm³/mol. The molecule has 2 aromatic carbocycles. The van der Waals surface area contributed by atoms with E-state index in [0.29, 0.717) is 5.92 Å². The van der Waals surface area contributed by atoms with Crippen molar-refractivity contribution in [2.24, 2.45) is 0 Å². The molecule has 0 radical (unpaired) electrons. The van der Waals surface area contributed by atoms with Crippen molar-refractivity contribution in [2.75, 3.05) is 6.54 Å². The van der Waals surface area contributed by atoms with Crippen LogP contribution in [0.3, 0.4) is 0 Å². The summed E-state index contributed by atoms with van der Waals surface area (Å²) in [6.45, 7) is 4.16. The Kier molecular flexibility index (Phi) is 3.84. The SMILES string of the molecule is CC(CNCc1ccc2cc[nH]c2c1)c1ccccc1. The molecule has 0 aliphatic heterocycles. The largest absolute Gasteiger partial charge is 0.361 e. The van der Waals surface area contributed by atoms with Crippen molar-refractivity contribution >= 4 is 10.9 Å². The number of benzene rings is 2. The van der Waals surface area contributed by atoms with E-state index in [9.17, 15) is 0 Å². The van der Waals surface area contributed by atoms with Crippen molar-refractivity contribution in [3.05, 3.63) is 71.9 Å². The van der Waals surface area contributed by atoms with E-state index in [1.54, 1.807) is 0 Å². The number of aromatic nitrogens is 1. The first-order valence-electron chi connectivity index (χ1n) is 7.14. The third kappa shape index (κ3) is 2.91. The van der Waals surface area contributed by atoms with Crippen molar-refractivity contribution in [3.8, 4) is 0 Å². The third-order valence-corrected chi connectivity index (χ3v) is 3.77. The lowest BCUT2D eigenvalue weighted by Crippen LogP contribution is -2.19. The third-order valence-electron chi connectivity index (χ3n) is 3.77. The Bertz CT molecular complexity index is 670. The maximum absolute atomic E-state index is 3.54. The average molecular weight is 264 g/mol. The Balaban J connectivity index is 1.57. The molecule has 1 heterocycles. The van der Waals surface area contributed by atoms with Gasteiger partial charge in [-0.2, -0.15) is 0 Å². The number of rotatable bonds is 5. The van der Waals surface area contributed by atoms with Crippen molar-refractivity contribution in [1.82, 2.24) is 10.3 Å². The van der Waals surface area contributed by atoms with Crippen LogP contribution in [0.5, 0.6) is 0 Å². The van der Waals surface area contributed by atoms with Crippen molar-refractivity contribution in [1.29, 1.82) is 0 Å². The number of H-pyrrole nitrogens is 1. The fourth-order valence-electron chi connectivity index (χ4n) is 2.54. The van der Waals surface area contributed by atoms with E-state index in [2.05, 4.69) is 71.8 Å². The summed E-state index contributed by atoms with van der Waals surface area (Å²) < 4.78 is 0. The molecule has 1 aromatic heterocycles. The highest BCUT2D eigenvalue weighted by atomic mass is 14.9. The smallest absolute Gasteiger partial charge is 0.0457 e. The molecule has 3 aromatic rings. The Hall–Kier alpha value is -2.06. The van der Waals surface area contributed by atoms with Crippen molar-refractivity contribution < 1.29 is 0 Å². The van der Waals surface area contributed by atoms with Crippen LogP contribution < -0.4 is 5.32 Å². The summed E-state index contributed by atoms with van der Waals surface area (Å²) in [5.74, 6) is 0.533. The van der Waals surface area contributed by atoms with Gasteiger partial charge in [0, 0.05) is 24.8 Å². The molecule has 2 N–H and O–H groups in total. The molecule has 3 rings (SSSR count). The highest BCUT2D eigenvalue weighted by molar-refractivity contribution is 5.79. The Morgan fingerprint density at radius 1 is 1.05 bits per heavy atom. The minimum atomic E-state index is 0.533. The van der Waals surface area contributed by atoms with Gasteiger partial charge in [-0.3, -0.25) is 0 Å². The molecule has 2 heteroatoms. The molecule has 0 bridgehead atoms. The minimum Gasteiger partial charge on any atom is -0.361 e. The molecule has 0 aliphatic carbocycles. The second kappa shape index (κ2) is 5.93. The highest BCUT2D eigenvalue weighted by Crippen LogP contribution is 2.15. The molecule has 1 unspecified atom stereocenters. The lowest BCUT2D eigenvalue weighted by molar-refractivity contribution is 0.615. The lowest BCUT2D eigenvalue weighted by Gasteiger charge is -2.13. The van der Waals surface area contributed by atoms with E-state index >= 15 is 0 Å². The van der Waals surface area contributed by atoms with E-state index in [-0.39, 0.29) is 0 Å². The van der Waals surface area contributed by atoms with Gasteiger partial charge in [0.05, 0.1) is 0 Å². The van der Waals surface area contributed by atoms with Gasteiger partial charge in [0.25, 0.3) is 0 Å². The zero-order valence-electron chi connectivity index (χ0n) is 11.8. The van der Waals surface area contributed by atoms with Crippen LogP contribution in [-0.4, -0.2) is 11.5 Å². The van der Waals surface area contributed by atoms with Crippen molar-refractivity contribution in [2.45, 2.75) is 19.4 Å². The second-order valence-corrected chi connectivity index (χ2v) is 5.34. The summed E-state index contributed by atoms with van der Waals surface area (Å²) in [5.41, 5.74) is 3.92. The molecule has 0 saturated carbocycles. The maximum Gasteiger partial charge on any atom is 0.0457 e. The fourth-order valence-corrected chi connectivity index (χ4v) is 2.54. The van der Waals surface area contributed by atoms with Crippen LogP contribution in [0.15, 0.2) is 60.8 Å². The molecule has 0 aliphatic rings. The van der Waals surface area contributed by atoms with Gasteiger partial charge in [0.15, 0.2) is 0 Å². The number of nitrogens with one attached hydrogen (secondary N) is 2. The number of hydrogen-bond acceptors (Lipinski definition) is 1. The van der Waals surface area contributed by atoms with E-state index in [0.717, 1.165) is 13.1 Å². The molecule has 2 nitrogen and oxygen atoms in total. The summed E-state index contributed by atoms with van der Waals surface area (Å²) in [7, 11) is 0. The first-order chi connectivity index (χ1) is 9.83. The minimum absolute atomic E-state index is 0.533. The topological polar surface area (TPSA) is 27.8 Å². The molecule has 20 heavy (non-hydrogen) atoms. The summed E-state index contributed by atoms with van der Waals surface area (Å²) in [4.78, 5) is 3.26. The first-order valence-corrected chi connectivity index (χ1v) is 7.14. The average Bonchev–Trinajstić information content (AvgIpc) is 2.95. The van der Waals surface area contributed by atoms with Crippen LogP contribution in [0.4, 0.5) is 0 Å². The second-order valence-electron chi connectivity index (χ2n) is 5.34. The van der Waals surface area contributed by atoms with Gasteiger partial charge in [-0.1, -0.05) is 49.4 Å². The number of hydrogen-bond donors (Lipinski definition) is 2. The zero-order valence-corrected chi connectivity index (χ0v) is 11.8. The molecule has 0 fully saturated rings. The lowest BCUT2D eigenvalue weighted by atomic mass is 10.0. The molecular formula is C18H20N2. The van der Waals surface area contributed by atoms with Crippen LogP contribution in [0.1, 0.15) is 24.0 Å². The summed E-state index contributed by atoms with van der Waals surface area (Å²) >= 11 is 0. The van der Waals surface area contributed by atoms with Gasteiger partial charge in [-0.15, -0.1) is 0 Å². The fraction of sp³-hybridized carbons (Fsp3) is 0.222. The van der Waals surface area contributed by atoms with Gasteiger partial charge < -0.3 is 10.3 Å². The Labute approximate surface area is 119 Å². The molecular weight excluding hydrogens is 244 g/mol. The van der Waals surface area contributed by atoms with E-state index in [1.165, 1.54) is 22.0 Å². The quantitative estimate of drug-likeness (QED) is 0.714. The highest BCUT2D eigenvalue weighted by Gasteiger charge is 2.04. The van der Waals surface area contributed by atoms with E-state index < -0.39 is 0 Å². The van der Waals surface area contributed by atoms with Crippen molar-refractivity contribution in [3.63, 3.8) is 0 Å². The molecule has 0 amide bonds. The number of aromatic amines is 1. The van der Waals surface area contributed by atoms with Crippen LogP contribution in [0, 0.1) is 0 Å². The van der Waals surface area contributed by atoms with E-state index in [1.807, 2.05) is 6.20 Å². The van der Waals surface area contributed by atoms with Crippen LogP contribution in [-0.2, 0) is 6.54 Å². The molecule has 102 valence electrons. The van der Waals surface area contributed by atoms with Crippen LogP contribution in [0.2, 0.25) is 0 Å². The first kappa shape index (κ1) is 12.9. The van der Waals surface area contributed by atoms with Gasteiger partial charge in [-0.25, -0.2) is 0 Å². The summed E-state index contributed by atoms with van der Waals surface area (Å²) in [5, 5.41) is 4.81. The van der Waals surface area contributed by atoms with Gasteiger partial charge in [0.1, 0.15) is 0 Å². The van der Waals surface area contributed by atoms with Gasteiger partial charge in [0.2, 0.25) is 0 Å². The van der Waals surface area contributed by atoms with Gasteiger partial charge >= 0.3 is 0 Å². The Morgan fingerprint density at radius 3 is 2.75 bits per heavy atom. The van der Waals surface area contributed by atoms with Crippen LogP contribution >= 0.6 is 0 Å². The maximum atomic E-state index is 3.54.